The first kappa shape index (κ1) is 15.6. The highest BCUT2D eigenvalue weighted by atomic mass is 32.2. The van der Waals surface area contributed by atoms with Gasteiger partial charge in [0, 0.05) is 16.7 Å². The van der Waals surface area contributed by atoms with Crippen LogP contribution in [0.3, 0.4) is 0 Å². The monoisotopic (exact) mass is 371 g/mol. The van der Waals surface area contributed by atoms with Crippen LogP contribution in [-0.2, 0) is 5.75 Å². The minimum absolute atomic E-state index is 0.802. The van der Waals surface area contributed by atoms with Gasteiger partial charge in [-0.3, -0.25) is 0 Å². The number of methoxy groups -OCH3 is 1. The van der Waals surface area contributed by atoms with Gasteiger partial charge in [-0.1, -0.05) is 11.8 Å². The average molecular weight is 372 g/mol. The minimum atomic E-state index is 0.802. The topological polar surface area (TPSA) is 47.9 Å². The molecule has 0 aliphatic heterocycles. The highest BCUT2D eigenvalue weighted by Gasteiger charge is 2.09. The Kier molecular flexibility index (Phi) is 4.46. The van der Waals surface area contributed by atoms with Crippen LogP contribution >= 0.6 is 34.4 Å². The summed E-state index contributed by atoms with van der Waals surface area (Å²) >= 11 is 5.05. The second-order valence-electron chi connectivity index (χ2n) is 4.97. The van der Waals surface area contributed by atoms with Crippen molar-refractivity contribution in [1.82, 2.24) is 15.0 Å². The Morgan fingerprint density at radius 3 is 2.79 bits per heavy atom. The molecule has 0 bridgehead atoms. The van der Waals surface area contributed by atoms with Crippen molar-refractivity contribution in [3.05, 3.63) is 53.1 Å². The lowest BCUT2D eigenvalue weighted by Crippen LogP contribution is -1.86. The zero-order valence-corrected chi connectivity index (χ0v) is 15.3. The highest BCUT2D eigenvalue weighted by Crippen LogP contribution is 2.32. The summed E-state index contributed by atoms with van der Waals surface area (Å²) in [5, 5.41) is 6.21. The molecule has 0 saturated heterocycles. The van der Waals surface area contributed by atoms with Gasteiger partial charge in [0.15, 0.2) is 0 Å². The number of fused-ring (bicyclic) bond motifs is 1. The molecule has 0 fully saturated rings. The van der Waals surface area contributed by atoms with Gasteiger partial charge in [0.05, 0.1) is 23.0 Å². The molecule has 4 nitrogen and oxygen atoms in total. The maximum atomic E-state index is 5.19. The number of thioether (sulfide) groups is 1. The van der Waals surface area contributed by atoms with E-state index in [4.69, 9.17) is 9.72 Å². The molecular weight excluding hydrogens is 358 g/mol. The maximum absolute atomic E-state index is 5.19. The van der Waals surface area contributed by atoms with Gasteiger partial charge in [-0.05, 0) is 35.7 Å². The summed E-state index contributed by atoms with van der Waals surface area (Å²) in [6.45, 7) is 0. The van der Waals surface area contributed by atoms with E-state index in [1.807, 2.05) is 35.7 Å². The first-order valence-corrected chi connectivity index (χ1v) is 9.98. The Morgan fingerprint density at radius 2 is 1.96 bits per heavy atom. The van der Waals surface area contributed by atoms with E-state index < -0.39 is 0 Å². The molecule has 4 rings (SSSR count). The summed E-state index contributed by atoms with van der Waals surface area (Å²) in [5.41, 5.74) is 3.19. The van der Waals surface area contributed by atoms with Crippen molar-refractivity contribution in [1.29, 1.82) is 0 Å². The second-order valence-corrected chi connectivity index (χ2v) is 7.71. The maximum Gasteiger partial charge on any atom is 0.123 e. The highest BCUT2D eigenvalue weighted by molar-refractivity contribution is 7.98. The molecule has 0 spiro atoms. The van der Waals surface area contributed by atoms with Crippen molar-refractivity contribution in [2.24, 2.45) is 0 Å². The van der Waals surface area contributed by atoms with Gasteiger partial charge in [-0.2, -0.15) is 0 Å². The molecule has 3 heterocycles. The van der Waals surface area contributed by atoms with Crippen molar-refractivity contribution < 1.29 is 4.74 Å². The number of aromatic nitrogens is 3. The third-order valence-electron chi connectivity index (χ3n) is 3.46. The lowest BCUT2D eigenvalue weighted by atomic mass is 10.2. The lowest BCUT2D eigenvalue weighted by Gasteiger charge is -2.01. The minimum Gasteiger partial charge on any atom is -0.497 e. The molecule has 7 heteroatoms. The predicted molar refractivity (Wildman–Crippen MR) is 101 cm³/mol. The number of rotatable bonds is 5. The Labute approximate surface area is 151 Å². The van der Waals surface area contributed by atoms with Gasteiger partial charge in [0.2, 0.25) is 0 Å². The van der Waals surface area contributed by atoms with Crippen LogP contribution in [0.5, 0.6) is 5.75 Å². The van der Waals surface area contributed by atoms with Gasteiger partial charge < -0.3 is 4.74 Å². The quantitative estimate of drug-likeness (QED) is 0.360. The van der Waals surface area contributed by atoms with Crippen LogP contribution < -0.4 is 4.74 Å². The second kappa shape index (κ2) is 6.88. The fourth-order valence-electron chi connectivity index (χ4n) is 2.25. The van der Waals surface area contributed by atoms with Gasteiger partial charge >= 0.3 is 0 Å². The zero-order chi connectivity index (χ0) is 16.4. The van der Waals surface area contributed by atoms with E-state index in [2.05, 4.69) is 15.3 Å². The summed E-state index contributed by atoms with van der Waals surface area (Å²) in [6.07, 6.45) is 1.63. The van der Waals surface area contributed by atoms with Gasteiger partial charge in [0.1, 0.15) is 22.1 Å². The van der Waals surface area contributed by atoms with Crippen LogP contribution in [-0.4, -0.2) is 22.1 Å². The summed E-state index contributed by atoms with van der Waals surface area (Å²) in [5.74, 6) is 1.66. The van der Waals surface area contributed by atoms with Gasteiger partial charge in [0.25, 0.3) is 0 Å². The van der Waals surface area contributed by atoms with Crippen LogP contribution in [0.1, 0.15) is 5.69 Å². The van der Waals surface area contributed by atoms with Crippen molar-refractivity contribution >= 4 is 44.7 Å². The van der Waals surface area contributed by atoms with Crippen LogP contribution in [0.4, 0.5) is 0 Å². The average Bonchev–Trinajstić information content (AvgIpc) is 3.29. The molecular formula is C17H13N3OS3. The summed E-state index contributed by atoms with van der Waals surface area (Å²) in [6, 6.07) is 10.0. The molecule has 0 aliphatic carbocycles. The van der Waals surface area contributed by atoms with E-state index in [-0.39, 0.29) is 0 Å². The number of hydrogen-bond acceptors (Lipinski definition) is 7. The van der Waals surface area contributed by atoms with E-state index >= 15 is 0 Å². The molecule has 120 valence electrons. The Balaban J connectivity index is 1.50. The SMILES string of the molecule is COc1ccc(-c2nc(CSc3ncnc4ccsc34)cs2)cc1. The van der Waals surface area contributed by atoms with E-state index in [9.17, 15) is 0 Å². The van der Waals surface area contributed by atoms with Crippen LogP contribution in [0.25, 0.3) is 20.8 Å². The number of ether oxygens (including phenoxy) is 1. The molecule has 4 aromatic rings. The fourth-order valence-corrected chi connectivity index (χ4v) is 5.02. The molecule has 0 aliphatic rings. The van der Waals surface area contributed by atoms with E-state index in [0.717, 1.165) is 43.0 Å². The fraction of sp³-hybridized carbons (Fsp3) is 0.118. The molecule has 0 saturated carbocycles. The molecule has 0 N–H and O–H groups in total. The number of benzene rings is 1. The Morgan fingerprint density at radius 1 is 1.08 bits per heavy atom. The van der Waals surface area contributed by atoms with Gasteiger partial charge in [-0.25, -0.2) is 15.0 Å². The number of thiazole rings is 1. The van der Waals surface area contributed by atoms with Crippen LogP contribution in [0, 0.1) is 0 Å². The first-order valence-electron chi connectivity index (χ1n) is 7.23. The van der Waals surface area contributed by atoms with E-state index in [1.165, 1.54) is 0 Å². The zero-order valence-electron chi connectivity index (χ0n) is 12.8. The number of thiophene rings is 1. The number of nitrogens with zero attached hydrogens (tertiary/aromatic N) is 3. The van der Waals surface area contributed by atoms with Crippen LogP contribution in [0.15, 0.2) is 52.4 Å². The standard InChI is InChI=1S/C17H13N3OS3/c1-21-13-4-2-11(3-5-13)16-20-12(8-23-16)9-24-17-15-14(6-7-22-15)18-10-19-17/h2-8,10H,9H2,1H3. The summed E-state index contributed by atoms with van der Waals surface area (Å²) in [7, 11) is 1.67. The largest absolute Gasteiger partial charge is 0.497 e. The van der Waals surface area contributed by atoms with Gasteiger partial charge in [-0.15, -0.1) is 22.7 Å². The summed E-state index contributed by atoms with van der Waals surface area (Å²) < 4.78 is 6.34. The van der Waals surface area contributed by atoms with E-state index in [0.29, 0.717) is 0 Å². The lowest BCUT2D eigenvalue weighted by molar-refractivity contribution is 0.415. The Hall–Kier alpha value is -1.96. The molecule has 1 aromatic carbocycles. The molecule has 0 unspecified atom stereocenters. The van der Waals surface area contributed by atoms with E-state index in [1.54, 1.807) is 47.9 Å². The first-order chi connectivity index (χ1) is 11.8. The number of hydrogen-bond donors (Lipinski definition) is 0. The molecule has 24 heavy (non-hydrogen) atoms. The smallest absolute Gasteiger partial charge is 0.123 e. The molecule has 0 amide bonds. The third kappa shape index (κ3) is 3.15. The van der Waals surface area contributed by atoms with Crippen molar-refractivity contribution in [3.63, 3.8) is 0 Å². The molecule has 0 radical (unpaired) electrons. The van der Waals surface area contributed by atoms with Crippen molar-refractivity contribution in [3.8, 4) is 16.3 Å². The molecule has 0 atom stereocenters. The third-order valence-corrected chi connectivity index (χ3v) is 6.46. The normalized spacial score (nSPS) is 11.0. The Bertz CT molecular complexity index is 963. The summed E-state index contributed by atoms with van der Waals surface area (Å²) in [4.78, 5) is 13.4. The van der Waals surface area contributed by atoms with Crippen LogP contribution in [0.2, 0.25) is 0 Å². The predicted octanol–water partition coefficient (Wildman–Crippen LogP) is 5.12. The van der Waals surface area contributed by atoms with Crippen molar-refractivity contribution in [2.45, 2.75) is 10.8 Å². The van der Waals surface area contributed by atoms with Crippen molar-refractivity contribution in [2.75, 3.05) is 7.11 Å². The molecule has 3 aromatic heterocycles.